The van der Waals surface area contributed by atoms with Gasteiger partial charge in [0.2, 0.25) is 5.91 Å². The predicted octanol–water partition coefficient (Wildman–Crippen LogP) is 2.33. The first kappa shape index (κ1) is 17.5. The van der Waals surface area contributed by atoms with Gasteiger partial charge in [-0.15, -0.1) is 0 Å². The van der Waals surface area contributed by atoms with Gasteiger partial charge < -0.3 is 15.2 Å². The van der Waals surface area contributed by atoms with E-state index in [1.807, 2.05) is 24.3 Å². The van der Waals surface area contributed by atoms with E-state index in [-0.39, 0.29) is 18.6 Å². The first-order valence-corrected chi connectivity index (χ1v) is 9.16. The topological polar surface area (TPSA) is 78.9 Å². The van der Waals surface area contributed by atoms with E-state index >= 15 is 0 Å². The Kier molecular flexibility index (Phi) is 4.58. The van der Waals surface area contributed by atoms with Crippen molar-refractivity contribution in [2.24, 2.45) is 0 Å². The number of amides is 2. The Balaban J connectivity index is 1.66. The van der Waals surface area contributed by atoms with Crippen LogP contribution in [0.4, 0.5) is 10.5 Å². The van der Waals surface area contributed by atoms with E-state index in [9.17, 15) is 14.7 Å². The molecule has 2 atom stereocenters. The number of cyclic esters (lactones) is 1. The number of rotatable bonds is 3. The summed E-state index contributed by atoms with van der Waals surface area (Å²) in [6, 6.07) is 5.85. The normalized spacial score (nSPS) is 23.6. The number of hydrogen-bond donors (Lipinski definition) is 2. The summed E-state index contributed by atoms with van der Waals surface area (Å²) >= 11 is 0. The molecule has 1 aromatic rings. The molecule has 4 rings (SSSR count). The van der Waals surface area contributed by atoms with Gasteiger partial charge >= 0.3 is 6.09 Å². The van der Waals surface area contributed by atoms with Crippen LogP contribution in [0.15, 0.2) is 48.1 Å². The molecular formula is C21H22N2O4. The van der Waals surface area contributed by atoms with Crippen LogP contribution in [0.5, 0.6) is 0 Å². The van der Waals surface area contributed by atoms with Gasteiger partial charge in [-0.2, -0.15) is 0 Å². The number of nitrogens with one attached hydrogen (secondary N) is 1. The molecular weight excluding hydrogens is 344 g/mol. The van der Waals surface area contributed by atoms with E-state index in [4.69, 9.17) is 4.74 Å². The Morgan fingerprint density at radius 2 is 2.22 bits per heavy atom. The molecule has 1 aromatic carbocycles. The first-order chi connectivity index (χ1) is 13.1. The minimum atomic E-state index is -0.480. The summed E-state index contributed by atoms with van der Waals surface area (Å²) in [4.78, 5) is 25.7. The summed E-state index contributed by atoms with van der Waals surface area (Å²) in [5.41, 5.74) is 4.73. The number of hydrogen-bond acceptors (Lipinski definition) is 4. The van der Waals surface area contributed by atoms with E-state index in [1.165, 1.54) is 0 Å². The summed E-state index contributed by atoms with van der Waals surface area (Å²) in [5.74, 6) is -0.0518. The summed E-state index contributed by atoms with van der Waals surface area (Å²) in [7, 11) is 1.64. The summed E-state index contributed by atoms with van der Waals surface area (Å²) < 4.78 is 5.22. The second-order valence-corrected chi connectivity index (χ2v) is 6.92. The van der Waals surface area contributed by atoms with Crippen LogP contribution in [-0.4, -0.2) is 42.9 Å². The number of ether oxygens (including phenoxy) is 1. The fourth-order valence-electron chi connectivity index (χ4n) is 3.93. The second-order valence-electron chi connectivity index (χ2n) is 6.92. The van der Waals surface area contributed by atoms with Crippen molar-refractivity contribution < 1.29 is 19.4 Å². The molecule has 3 aliphatic rings. The molecule has 1 aliphatic carbocycles. The molecule has 0 radical (unpaired) electrons. The van der Waals surface area contributed by atoms with Crippen molar-refractivity contribution in [1.29, 1.82) is 0 Å². The van der Waals surface area contributed by atoms with Crippen molar-refractivity contribution in [3.05, 3.63) is 59.2 Å². The van der Waals surface area contributed by atoms with Crippen LogP contribution in [0.3, 0.4) is 0 Å². The molecule has 27 heavy (non-hydrogen) atoms. The molecule has 0 bridgehead atoms. The van der Waals surface area contributed by atoms with Crippen molar-refractivity contribution >= 4 is 23.3 Å². The van der Waals surface area contributed by atoms with E-state index in [0.29, 0.717) is 12.8 Å². The van der Waals surface area contributed by atoms with Gasteiger partial charge in [0.1, 0.15) is 6.10 Å². The molecule has 0 aromatic heterocycles. The molecule has 1 saturated heterocycles. The number of aliphatic hydroxyl groups is 1. The maximum Gasteiger partial charge on any atom is 0.415 e. The molecule has 2 N–H and O–H groups in total. The number of carbonyl (C=O) groups is 2. The van der Waals surface area contributed by atoms with Gasteiger partial charge in [0.05, 0.1) is 18.3 Å². The van der Waals surface area contributed by atoms with Crippen molar-refractivity contribution in [3.63, 3.8) is 0 Å². The number of anilines is 1. The average molecular weight is 366 g/mol. The lowest BCUT2D eigenvalue weighted by atomic mass is 9.97. The van der Waals surface area contributed by atoms with Gasteiger partial charge in [-0.1, -0.05) is 30.4 Å². The fourth-order valence-corrected chi connectivity index (χ4v) is 3.93. The van der Waals surface area contributed by atoms with Crippen LogP contribution < -0.4 is 10.2 Å². The largest absolute Gasteiger partial charge is 0.441 e. The third-order valence-electron chi connectivity index (χ3n) is 5.35. The third kappa shape index (κ3) is 3.06. The number of allylic oxidation sites excluding steroid dienone is 5. The molecule has 2 heterocycles. The monoisotopic (exact) mass is 366 g/mol. The fraction of sp³-hybridized carbons (Fsp3) is 0.333. The van der Waals surface area contributed by atoms with Crippen molar-refractivity contribution in [2.75, 3.05) is 18.6 Å². The van der Waals surface area contributed by atoms with Gasteiger partial charge in [-0.05, 0) is 48.1 Å². The highest BCUT2D eigenvalue weighted by Crippen LogP contribution is 2.40. The second kappa shape index (κ2) is 7.04. The molecule has 6 nitrogen and oxygen atoms in total. The number of likely N-dealkylation sites (N-methyl/N-ethyl adjacent to an activating group) is 1. The van der Waals surface area contributed by atoms with Crippen LogP contribution >= 0.6 is 0 Å². The van der Waals surface area contributed by atoms with E-state index < -0.39 is 12.2 Å². The smallest absolute Gasteiger partial charge is 0.415 e. The van der Waals surface area contributed by atoms with Gasteiger partial charge in [-0.25, -0.2) is 4.79 Å². The van der Waals surface area contributed by atoms with E-state index in [1.54, 1.807) is 11.9 Å². The number of benzene rings is 1. The highest BCUT2D eigenvalue weighted by Gasteiger charge is 2.47. The van der Waals surface area contributed by atoms with Crippen molar-refractivity contribution in [1.82, 2.24) is 5.32 Å². The first-order valence-electron chi connectivity index (χ1n) is 9.16. The molecule has 140 valence electrons. The highest BCUT2D eigenvalue weighted by molar-refractivity contribution is 5.95. The van der Waals surface area contributed by atoms with Crippen LogP contribution in [0.25, 0.3) is 5.57 Å². The highest BCUT2D eigenvalue weighted by atomic mass is 16.6. The van der Waals surface area contributed by atoms with E-state index in [2.05, 4.69) is 23.5 Å². The van der Waals surface area contributed by atoms with Crippen LogP contribution in [0.1, 0.15) is 24.0 Å². The van der Waals surface area contributed by atoms with Crippen LogP contribution in [0.2, 0.25) is 0 Å². The molecule has 2 amide bonds. The minimum absolute atomic E-state index is 0.0518. The molecule has 2 unspecified atom stereocenters. The van der Waals surface area contributed by atoms with Gasteiger partial charge in [0, 0.05) is 12.6 Å². The zero-order valence-electron chi connectivity index (χ0n) is 15.1. The molecule has 2 aliphatic heterocycles. The Labute approximate surface area is 157 Å². The Bertz CT molecular complexity index is 884. The Morgan fingerprint density at radius 1 is 1.37 bits per heavy atom. The van der Waals surface area contributed by atoms with Gasteiger partial charge in [-0.3, -0.25) is 9.69 Å². The molecule has 1 fully saturated rings. The predicted molar refractivity (Wildman–Crippen MR) is 102 cm³/mol. The average Bonchev–Trinajstić information content (AvgIpc) is 3.18. The van der Waals surface area contributed by atoms with Gasteiger partial charge in [0.15, 0.2) is 0 Å². The van der Waals surface area contributed by atoms with Crippen LogP contribution in [0, 0.1) is 0 Å². The SMILES string of the molecule is CNC(=O)C1=CC=C(c2ccc3c(c2)CC2C(CO)OC(=O)N32)C=CCC1. The lowest BCUT2D eigenvalue weighted by molar-refractivity contribution is -0.117. The van der Waals surface area contributed by atoms with Crippen LogP contribution in [-0.2, 0) is 16.0 Å². The standard InChI is InChI=1S/C21H22N2O4/c1-22-20(25)14-5-3-2-4-13(6-7-14)15-8-9-17-16(10-15)11-18-19(12-24)27-21(26)23(17)18/h2,4,6-10,18-19,24H,3,5,11-12H2,1H3,(H,22,25). The third-order valence-corrected chi connectivity index (χ3v) is 5.35. The summed E-state index contributed by atoms with van der Waals surface area (Å²) in [6.45, 7) is -0.172. The number of fused-ring (bicyclic) bond motifs is 3. The minimum Gasteiger partial charge on any atom is -0.441 e. The summed E-state index contributed by atoms with van der Waals surface area (Å²) in [5, 5.41) is 12.1. The maximum atomic E-state index is 12.1. The van der Waals surface area contributed by atoms with Gasteiger partial charge in [0.25, 0.3) is 0 Å². The lowest BCUT2D eigenvalue weighted by Crippen LogP contribution is -2.34. The number of carbonyl (C=O) groups excluding carboxylic acids is 2. The molecule has 0 saturated carbocycles. The summed E-state index contributed by atoms with van der Waals surface area (Å²) in [6.07, 6.45) is 9.29. The van der Waals surface area contributed by atoms with Crippen molar-refractivity contribution in [2.45, 2.75) is 31.4 Å². The zero-order valence-corrected chi connectivity index (χ0v) is 15.1. The molecule has 6 heteroatoms. The van der Waals surface area contributed by atoms with Crippen molar-refractivity contribution in [3.8, 4) is 0 Å². The van der Waals surface area contributed by atoms with E-state index in [0.717, 1.165) is 34.4 Å². The quantitative estimate of drug-likeness (QED) is 0.861. The Morgan fingerprint density at radius 3 is 3.00 bits per heavy atom. The number of nitrogens with zero attached hydrogens (tertiary/aromatic N) is 1. The Hall–Kier alpha value is -2.86. The maximum absolute atomic E-state index is 12.1. The zero-order chi connectivity index (χ0) is 19.0. The lowest BCUT2D eigenvalue weighted by Gasteiger charge is -2.14. The number of aliphatic hydroxyl groups excluding tert-OH is 1. The molecule has 0 spiro atoms.